The highest BCUT2D eigenvalue weighted by Crippen LogP contribution is 2.24. The van der Waals surface area contributed by atoms with E-state index < -0.39 is 0 Å². The molecule has 0 bridgehead atoms. The number of aromatic nitrogens is 1. The predicted molar refractivity (Wildman–Crippen MR) is 59.7 cm³/mol. The van der Waals surface area contributed by atoms with E-state index in [0.717, 1.165) is 18.3 Å². The van der Waals surface area contributed by atoms with Gasteiger partial charge < -0.3 is 5.32 Å². The summed E-state index contributed by atoms with van der Waals surface area (Å²) < 4.78 is 0. The molecule has 1 aromatic rings. The first-order chi connectivity index (χ1) is 6.84. The molecule has 0 aliphatic heterocycles. The van der Waals surface area contributed by atoms with Crippen LogP contribution >= 0.6 is 11.6 Å². The Bertz CT molecular complexity index is 278. The number of halogens is 1. The summed E-state index contributed by atoms with van der Waals surface area (Å²) in [4.78, 5) is 4.20. The Balaban J connectivity index is 1.82. The Hall–Kier alpha value is -0.760. The van der Waals surface area contributed by atoms with Crippen molar-refractivity contribution in [1.82, 2.24) is 4.98 Å². The summed E-state index contributed by atoms with van der Waals surface area (Å²) in [6.45, 7) is 1.05. The Morgan fingerprint density at radius 1 is 1.36 bits per heavy atom. The molecule has 0 atom stereocenters. The van der Waals surface area contributed by atoms with Gasteiger partial charge in [-0.3, -0.25) is 0 Å². The first kappa shape index (κ1) is 9.78. The minimum Gasteiger partial charge on any atom is -0.370 e. The van der Waals surface area contributed by atoms with Gasteiger partial charge in [-0.1, -0.05) is 24.4 Å². The number of nitrogens with one attached hydrogen (secondary N) is 1. The van der Waals surface area contributed by atoms with Crippen molar-refractivity contribution in [1.29, 1.82) is 0 Å². The molecule has 0 aromatic carbocycles. The maximum Gasteiger partial charge on any atom is 0.125 e. The van der Waals surface area contributed by atoms with Crippen molar-refractivity contribution in [3.8, 4) is 0 Å². The highest BCUT2D eigenvalue weighted by atomic mass is 35.5. The van der Waals surface area contributed by atoms with Crippen LogP contribution in [0.15, 0.2) is 18.3 Å². The lowest BCUT2D eigenvalue weighted by Gasteiger charge is -2.10. The number of hydrogen-bond donors (Lipinski definition) is 1. The summed E-state index contributed by atoms with van der Waals surface area (Å²) in [7, 11) is 0. The summed E-state index contributed by atoms with van der Waals surface area (Å²) in [5, 5.41) is 4.04. The Labute approximate surface area is 89.7 Å². The monoisotopic (exact) mass is 210 g/mol. The van der Waals surface area contributed by atoms with Gasteiger partial charge in [0.15, 0.2) is 0 Å². The number of pyridine rings is 1. The third-order valence-corrected chi connectivity index (χ3v) is 3.00. The molecule has 0 saturated heterocycles. The Morgan fingerprint density at radius 3 is 2.79 bits per heavy atom. The van der Waals surface area contributed by atoms with E-state index in [1.165, 1.54) is 25.7 Å². The fourth-order valence-electron chi connectivity index (χ4n) is 1.94. The van der Waals surface area contributed by atoms with Crippen LogP contribution in [0.4, 0.5) is 5.82 Å². The fourth-order valence-corrected chi connectivity index (χ4v) is 2.06. The molecule has 1 fully saturated rings. The first-order valence-electron chi connectivity index (χ1n) is 5.20. The average molecular weight is 211 g/mol. The summed E-state index contributed by atoms with van der Waals surface area (Å²) in [6, 6.07) is 3.79. The molecule has 1 heterocycles. The molecular formula is C11H15ClN2. The van der Waals surface area contributed by atoms with Gasteiger partial charge in [0.25, 0.3) is 0 Å². The van der Waals surface area contributed by atoms with E-state index in [1.54, 1.807) is 6.20 Å². The molecule has 3 heteroatoms. The van der Waals surface area contributed by atoms with E-state index in [1.807, 2.05) is 12.1 Å². The second-order valence-electron chi connectivity index (χ2n) is 3.89. The number of rotatable bonds is 3. The van der Waals surface area contributed by atoms with Crippen LogP contribution in [0.25, 0.3) is 0 Å². The topological polar surface area (TPSA) is 24.9 Å². The molecule has 0 spiro atoms. The van der Waals surface area contributed by atoms with Crippen molar-refractivity contribution in [3.63, 3.8) is 0 Å². The van der Waals surface area contributed by atoms with Crippen LogP contribution in [0.2, 0.25) is 5.02 Å². The van der Waals surface area contributed by atoms with E-state index in [0.29, 0.717) is 5.02 Å². The van der Waals surface area contributed by atoms with Gasteiger partial charge in [0.1, 0.15) is 5.82 Å². The number of hydrogen-bond acceptors (Lipinski definition) is 2. The van der Waals surface area contributed by atoms with Gasteiger partial charge in [-0.25, -0.2) is 4.98 Å². The maximum absolute atomic E-state index is 5.75. The summed E-state index contributed by atoms with van der Waals surface area (Å²) in [5.74, 6) is 1.77. The maximum atomic E-state index is 5.75. The van der Waals surface area contributed by atoms with Gasteiger partial charge in [0.05, 0.1) is 5.02 Å². The minimum atomic E-state index is 0.691. The van der Waals surface area contributed by atoms with Crippen molar-refractivity contribution in [3.05, 3.63) is 23.4 Å². The van der Waals surface area contributed by atoms with Crippen molar-refractivity contribution in [2.75, 3.05) is 11.9 Å². The summed E-state index contributed by atoms with van der Waals surface area (Å²) in [5.41, 5.74) is 0. The van der Waals surface area contributed by atoms with Crippen molar-refractivity contribution < 1.29 is 0 Å². The SMILES string of the molecule is Clc1ccc(NCC2CCCC2)nc1. The van der Waals surface area contributed by atoms with Gasteiger partial charge in [-0.2, -0.15) is 0 Å². The van der Waals surface area contributed by atoms with Gasteiger partial charge in [0.2, 0.25) is 0 Å². The van der Waals surface area contributed by atoms with E-state index >= 15 is 0 Å². The van der Waals surface area contributed by atoms with E-state index in [4.69, 9.17) is 11.6 Å². The van der Waals surface area contributed by atoms with Crippen LogP contribution in [0.5, 0.6) is 0 Å². The molecule has 1 N–H and O–H groups in total. The summed E-state index contributed by atoms with van der Waals surface area (Å²) in [6.07, 6.45) is 7.18. The highest BCUT2D eigenvalue weighted by molar-refractivity contribution is 6.30. The van der Waals surface area contributed by atoms with Crippen molar-refractivity contribution in [2.24, 2.45) is 5.92 Å². The van der Waals surface area contributed by atoms with Crippen LogP contribution in [-0.4, -0.2) is 11.5 Å². The molecular weight excluding hydrogens is 196 g/mol. The number of nitrogens with zero attached hydrogens (tertiary/aromatic N) is 1. The van der Waals surface area contributed by atoms with E-state index in [2.05, 4.69) is 10.3 Å². The second kappa shape index (κ2) is 4.65. The van der Waals surface area contributed by atoms with E-state index in [-0.39, 0.29) is 0 Å². The molecule has 0 radical (unpaired) electrons. The molecule has 14 heavy (non-hydrogen) atoms. The average Bonchev–Trinajstić information content (AvgIpc) is 2.70. The zero-order valence-corrected chi connectivity index (χ0v) is 8.93. The van der Waals surface area contributed by atoms with Crippen LogP contribution in [-0.2, 0) is 0 Å². The lowest BCUT2D eigenvalue weighted by Crippen LogP contribution is -2.11. The van der Waals surface area contributed by atoms with Crippen LogP contribution in [0, 0.1) is 5.92 Å². The predicted octanol–water partition coefficient (Wildman–Crippen LogP) is 3.34. The fraction of sp³-hybridized carbons (Fsp3) is 0.545. The second-order valence-corrected chi connectivity index (χ2v) is 4.33. The van der Waals surface area contributed by atoms with Gasteiger partial charge in [0, 0.05) is 12.7 Å². The molecule has 2 nitrogen and oxygen atoms in total. The third kappa shape index (κ3) is 2.61. The lowest BCUT2D eigenvalue weighted by atomic mass is 10.1. The molecule has 76 valence electrons. The van der Waals surface area contributed by atoms with Crippen molar-refractivity contribution >= 4 is 17.4 Å². The molecule has 0 amide bonds. The van der Waals surface area contributed by atoms with Gasteiger partial charge in [-0.15, -0.1) is 0 Å². The molecule has 1 aliphatic carbocycles. The van der Waals surface area contributed by atoms with E-state index in [9.17, 15) is 0 Å². The van der Waals surface area contributed by atoms with Crippen molar-refractivity contribution in [2.45, 2.75) is 25.7 Å². The largest absolute Gasteiger partial charge is 0.370 e. The zero-order valence-electron chi connectivity index (χ0n) is 8.17. The van der Waals surface area contributed by atoms with Gasteiger partial charge >= 0.3 is 0 Å². The molecule has 2 rings (SSSR count). The molecule has 1 aliphatic rings. The summed E-state index contributed by atoms with van der Waals surface area (Å²) >= 11 is 5.75. The zero-order chi connectivity index (χ0) is 9.80. The normalized spacial score (nSPS) is 17.2. The number of anilines is 1. The Kier molecular flexibility index (Phi) is 3.25. The lowest BCUT2D eigenvalue weighted by molar-refractivity contribution is 0.579. The van der Waals surface area contributed by atoms with Gasteiger partial charge in [-0.05, 0) is 30.9 Å². The molecule has 0 unspecified atom stereocenters. The molecule has 1 aromatic heterocycles. The smallest absolute Gasteiger partial charge is 0.125 e. The molecule has 1 saturated carbocycles. The standard InChI is InChI=1S/C11H15ClN2/c12-10-5-6-11(14-8-10)13-7-9-3-1-2-4-9/h5-6,8-9H,1-4,7H2,(H,13,14). The third-order valence-electron chi connectivity index (χ3n) is 2.77. The van der Waals surface area contributed by atoms with Crippen LogP contribution < -0.4 is 5.32 Å². The quantitative estimate of drug-likeness (QED) is 0.828. The first-order valence-corrected chi connectivity index (χ1v) is 5.58. The van der Waals surface area contributed by atoms with Crippen LogP contribution in [0.3, 0.4) is 0 Å². The van der Waals surface area contributed by atoms with Crippen LogP contribution in [0.1, 0.15) is 25.7 Å². The Morgan fingerprint density at radius 2 is 2.14 bits per heavy atom. The minimum absolute atomic E-state index is 0.691. The highest BCUT2D eigenvalue weighted by Gasteiger charge is 2.14.